The molecule has 2 aromatic rings. The highest BCUT2D eigenvalue weighted by atomic mass is 35.5. The topological polar surface area (TPSA) is 37.8 Å². The molecule has 1 saturated heterocycles. The van der Waals surface area contributed by atoms with Gasteiger partial charge in [-0.1, -0.05) is 18.2 Å². The molecule has 0 amide bonds. The fraction of sp³-hybridized carbons (Fsp3) is 0.333. The molecule has 20 heavy (non-hydrogen) atoms. The normalized spacial score (nSPS) is 19.0. The Kier molecular flexibility index (Phi) is 3.94. The van der Waals surface area contributed by atoms with Crippen LogP contribution in [0, 0.1) is 5.82 Å². The molecule has 3 rings (SSSR count). The van der Waals surface area contributed by atoms with E-state index < -0.39 is 5.82 Å². The summed E-state index contributed by atoms with van der Waals surface area (Å²) in [6.45, 7) is 2.04. The summed E-state index contributed by atoms with van der Waals surface area (Å²) in [4.78, 5) is 7.64. The lowest BCUT2D eigenvalue weighted by Crippen LogP contribution is -2.28. The lowest BCUT2D eigenvalue weighted by Gasteiger charge is -2.23. The van der Waals surface area contributed by atoms with Gasteiger partial charge in [0, 0.05) is 12.1 Å². The van der Waals surface area contributed by atoms with E-state index in [1.54, 1.807) is 0 Å². The van der Waals surface area contributed by atoms with E-state index >= 15 is 0 Å². The summed E-state index contributed by atoms with van der Waals surface area (Å²) < 4.78 is 13.8. The summed E-state index contributed by atoms with van der Waals surface area (Å²) in [6.07, 6.45) is 3.44. The zero-order valence-corrected chi connectivity index (χ0v) is 11.7. The number of piperidine rings is 1. The van der Waals surface area contributed by atoms with Crippen molar-refractivity contribution in [3.8, 4) is 11.3 Å². The van der Waals surface area contributed by atoms with Gasteiger partial charge in [-0.2, -0.15) is 0 Å². The van der Waals surface area contributed by atoms with Crippen molar-refractivity contribution in [1.82, 2.24) is 15.3 Å². The largest absolute Gasteiger partial charge is 0.316 e. The minimum absolute atomic E-state index is 0.0612. The average Bonchev–Trinajstić information content (AvgIpc) is 2.51. The van der Waals surface area contributed by atoms with Crippen LogP contribution in [-0.4, -0.2) is 23.1 Å². The van der Waals surface area contributed by atoms with Gasteiger partial charge in [-0.3, -0.25) is 0 Å². The van der Waals surface area contributed by atoms with E-state index in [0.29, 0.717) is 5.92 Å². The van der Waals surface area contributed by atoms with E-state index in [0.717, 1.165) is 31.3 Å². The van der Waals surface area contributed by atoms with Crippen LogP contribution in [-0.2, 0) is 0 Å². The van der Waals surface area contributed by atoms with E-state index in [-0.39, 0.29) is 11.0 Å². The average molecular weight is 292 g/mol. The summed E-state index contributed by atoms with van der Waals surface area (Å²) in [5, 5.41) is 3.45. The maximum absolute atomic E-state index is 13.8. The number of benzene rings is 1. The van der Waals surface area contributed by atoms with Crippen LogP contribution in [0.3, 0.4) is 0 Å². The molecule has 0 saturated carbocycles. The molecule has 1 unspecified atom stereocenters. The zero-order chi connectivity index (χ0) is 13.9. The highest BCUT2D eigenvalue weighted by molar-refractivity contribution is 6.28. The Morgan fingerprint density at radius 1 is 1.35 bits per heavy atom. The third-order valence-corrected chi connectivity index (χ3v) is 3.83. The van der Waals surface area contributed by atoms with Gasteiger partial charge >= 0.3 is 0 Å². The molecule has 1 aromatic carbocycles. The van der Waals surface area contributed by atoms with Gasteiger partial charge in [0.15, 0.2) is 5.82 Å². The van der Waals surface area contributed by atoms with Crippen molar-refractivity contribution in [1.29, 1.82) is 0 Å². The molecule has 2 heterocycles. The number of hydrogen-bond acceptors (Lipinski definition) is 3. The Balaban J connectivity index is 1.96. The molecule has 1 aliphatic rings. The van der Waals surface area contributed by atoms with E-state index in [9.17, 15) is 4.39 Å². The fourth-order valence-corrected chi connectivity index (χ4v) is 2.76. The summed E-state index contributed by atoms with van der Waals surface area (Å²) in [6, 6.07) is 7.87. The third-order valence-electron chi connectivity index (χ3n) is 3.64. The van der Waals surface area contributed by atoms with Gasteiger partial charge < -0.3 is 5.32 Å². The van der Waals surface area contributed by atoms with Crippen LogP contribution in [0.2, 0.25) is 5.28 Å². The smallest absolute Gasteiger partial charge is 0.223 e. The number of nitrogens with zero attached hydrogens (tertiary/aromatic N) is 2. The lowest BCUT2D eigenvalue weighted by atomic mass is 9.90. The Labute approximate surface area is 122 Å². The van der Waals surface area contributed by atoms with Crippen molar-refractivity contribution in [2.75, 3.05) is 13.1 Å². The highest BCUT2D eigenvalue weighted by Crippen LogP contribution is 2.28. The van der Waals surface area contributed by atoms with Crippen molar-refractivity contribution in [2.45, 2.75) is 18.8 Å². The van der Waals surface area contributed by atoms with Gasteiger partial charge in [0.1, 0.15) is 5.69 Å². The van der Waals surface area contributed by atoms with Gasteiger partial charge in [0.2, 0.25) is 5.28 Å². The first-order valence-electron chi connectivity index (χ1n) is 6.73. The van der Waals surface area contributed by atoms with Crippen molar-refractivity contribution in [3.05, 3.63) is 47.1 Å². The second-order valence-electron chi connectivity index (χ2n) is 5.00. The molecule has 104 valence electrons. The summed E-state index contributed by atoms with van der Waals surface area (Å²) >= 11 is 5.76. The van der Waals surface area contributed by atoms with E-state index in [4.69, 9.17) is 11.6 Å². The van der Waals surface area contributed by atoms with Gasteiger partial charge in [0.25, 0.3) is 0 Å². The van der Waals surface area contributed by atoms with Crippen molar-refractivity contribution in [3.63, 3.8) is 0 Å². The second-order valence-corrected chi connectivity index (χ2v) is 5.34. The molecule has 0 bridgehead atoms. The SMILES string of the molecule is Fc1cnc(Cl)nc1-c1cccc(C2CCCNC2)c1. The molecule has 0 radical (unpaired) electrons. The Morgan fingerprint density at radius 3 is 3.05 bits per heavy atom. The monoisotopic (exact) mass is 291 g/mol. The predicted octanol–water partition coefficient (Wildman–Crippen LogP) is 3.40. The minimum atomic E-state index is -0.451. The van der Waals surface area contributed by atoms with Crippen molar-refractivity contribution < 1.29 is 4.39 Å². The molecule has 1 fully saturated rings. The van der Waals surface area contributed by atoms with Crippen LogP contribution in [0.5, 0.6) is 0 Å². The first-order valence-corrected chi connectivity index (χ1v) is 7.11. The number of rotatable bonds is 2. The molecule has 3 nitrogen and oxygen atoms in total. The number of halogens is 2. The summed E-state index contributed by atoms with van der Waals surface area (Å²) in [5.41, 5.74) is 2.22. The Morgan fingerprint density at radius 2 is 2.25 bits per heavy atom. The first-order chi connectivity index (χ1) is 9.74. The Bertz CT molecular complexity index is 612. The Hall–Kier alpha value is -1.52. The standard InChI is InChI=1S/C15H15ClFN3/c16-15-19-9-13(17)14(20-15)11-4-1-3-10(7-11)12-5-2-6-18-8-12/h1,3-4,7,9,12,18H,2,5-6,8H2. The maximum atomic E-state index is 13.8. The lowest BCUT2D eigenvalue weighted by molar-refractivity contribution is 0.461. The van der Waals surface area contributed by atoms with Gasteiger partial charge in [-0.05, 0) is 48.5 Å². The number of aromatic nitrogens is 2. The van der Waals surface area contributed by atoms with E-state index in [2.05, 4.69) is 21.4 Å². The predicted molar refractivity (Wildman–Crippen MR) is 77.3 cm³/mol. The fourth-order valence-electron chi connectivity index (χ4n) is 2.62. The number of hydrogen-bond donors (Lipinski definition) is 1. The van der Waals surface area contributed by atoms with Crippen LogP contribution in [0.1, 0.15) is 24.3 Å². The van der Waals surface area contributed by atoms with E-state index in [1.807, 2.05) is 18.2 Å². The molecule has 1 atom stereocenters. The van der Waals surface area contributed by atoms with Gasteiger partial charge in [-0.15, -0.1) is 0 Å². The molecular weight excluding hydrogens is 277 g/mol. The third kappa shape index (κ3) is 2.81. The van der Waals surface area contributed by atoms with Crippen molar-refractivity contribution in [2.24, 2.45) is 0 Å². The highest BCUT2D eigenvalue weighted by Gasteiger charge is 2.16. The molecule has 1 N–H and O–H groups in total. The van der Waals surface area contributed by atoms with Crippen LogP contribution in [0.15, 0.2) is 30.5 Å². The summed E-state index contributed by atoms with van der Waals surface area (Å²) in [5.74, 6) is 0.0254. The van der Waals surface area contributed by atoms with Crippen molar-refractivity contribution >= 4 is 11.6 Å². The zero-order valence-electron chi connectivity index (χ0n) is 10.9. The molecule has 0 aliphatic carbocycles. The van der Waals surface area contributed by atoms with Crippen LogP contribution >= 0.6 is 11.6 Å². The van der Waals surface area contributed by atoms with Crippen LogP contribution in [0.4, 0.5) is 4.39 Å². The quantitative estimate of drug-likeness (QED) is 0.862. The minimum Gasteiger partial charge on any atom is -0.316 e. The second kappa shape index (κ2) is 5.85. The molecule has 0 spiro atoms. The van der Waals surface area contributed by atoms with Crippen LogP contribution < -0.4 is 5.32 Å². The first kappa shape index (κ1) is 13.5. The van der Waals surface area contributed by atoms with E-state index in [1.165, 1.54) is 12.0 Å². The van der Waals surface area contributed by atoms with Crippen LogP contribution in [0.25, 0.3) is 11.3 Å². The molecule has 1 aliphatic heterocycles. The number of nitrogens with one attached hydrogen (secondary N) is 1. The molecule has 5 heteroatoms. The molecular formula is C15H15ClFN3. The molecule has 1 aromatic heterocycles. The summed E-state index contributed by atoms with van der Waals surface area (Å²) in [7, 11) is 0. The van der Waals surface area contributed by atoms with Gasteiger partial charge in [-0.25, -0.2) is 14.4 Å². The van der Waals surface area contributed by atoms with Gasteiger partial charge in [0.05, 0.1) is 6.20 Å². The maximum Gasteiger partial charge on any atom is 0.223 e.